The number of hydrogen-bond acceptors (Lipinski definition) is 5. The Morgan fingerprint density at radius 2 is 1.78 bits per heavy atom. The summed E-state index contributed by atoms with van der Waals surface area (Å²) in [7, 11) is 1.30. The SMILES string of the molecule is COC(=O)C(C)CN(C(=O)c1cccc([N+](=O)[O-])c1)C(C)c1ccccc1. The van der Waals surface area contributed by atoms with Gasteiger partial charge in [-0.2, -0.15) is 0 Å². The molecule has 0 aliphatic carbocycles. The van der Waals surface area contributed by atoms with Crippen molar-refractivity contribution in [3.8, 4) is 0 Å². The molecule has 0 saturated carbocycles. The molecule has 2 aromatic rings. The molecule has 0 fully saturated rings. The second-order valence-corrected chi connectivity index (χ2v) is 6.28. The molecule has 27 heavy (non-hydrogen) atoms. The molecule has 1 amide bonds. The van der Waals surface area contributed by atoms with Gasteiger partial charge in [-0.3, -0.25) is 19.7 Å². The lowest BCUT2D eigenvalue weighted by atomic mass is 10.0. The summed E-state index contributed by atoms with van der Waals surface area (Å²) in [5.74, 6) is -1.35. The third-order valence-electron chi connectivity index (χ3n) is 4.39. The number of ether oxygens (including phenoxy) is 1. The van der Waals surface area contributed by atoms with Crippen molar-refractivity contribution >= 4 is 17.6 Å². The van der Waals surface area contributed by atoms with E-state index >= 15 is 0 Å². The van der Waals surface area contributed by atoms with E-state index in [-0.39, 0.29) is 29.7 Å². The normalized spacial score (nSPS) is 12.7. The first-order chi connectivity index (χ1) is 12.8. The van der Waals surface area contributed by atoms with Gasteiger partial charge in [0.15, 0.2) is 0 Å². The van der Waals surface area contributed by atoms with Crippen molar-refractivity contribution in [3.63, 3.8) is 0 Å². The van der Waals surface area contributed by atoms with Crippen molar-refractivity contribution in [2.45, 2.75) is 19.9 Å². The maximum absolute atomic E-state index is 13.1. The standard InChI is InChI=1S/C20H22N2O5/c1-14(20(24)27-3)13-21(15(2)16-8-5-4-6-9-16)19(23)17-10-7-11-18(12-17)22(25)26/h4-12,14-15H,13H2,1-3H3. The summed E-state index contributed by atoms with van der Waals surface area (Å²) in [6.45, 7) is 3.66. The first-order valence-corrected chi connectivity index (χ1v) is 8.53. The van der Waals surface area contributed by atoms with E-state index in [0.717, 1.165) is 5.56 Å². The van der Waals surface area contributed by atoms with Gasteiger partial charge in [0.2, 0.25) is 0 Å². The molecule has 0 heterocycles. The number of esters is 1. The van der Waals surface area contributed by atoms with Gasteiger partial charge in [-0.25, -0.2) is 0 Å². The summed E-state index contributed by atoms with van der Waals surface area (Å²) >= 11 is 0. The second kappa shape index (κ2) is 8.93. The van der Waals surface area contributed by atoms with E-state index in [9.17, 15) is 19.7 Å². The average Bonchev–Trinajstić information content (AvgIpc) is 2.70. The van der Waals surface area contributed by atoms with Crippen LogP contribution >= 0.6 is 0 Å². The van der Waals surface area contributed by atoms with Crippen molar-refractivity contribution in [3.05, 3.63) is 75.8 Å². The smallest absolute Gasteiger partial charge is 0.310 e. The minimum absolute atomic E-state index is 0.129. The number of carbonyl (C=O) groups excluding carboxylic acids is 2. The average molecular weight is 370 g/mol. The monoisotopic (exact) mass is 370 g/mol. The van der Waals surface area contributed by atoms with Crippen LogP contribution in [0.3, 0.4) is 0 Å². The third-order valence-corrected chi connectivity index (χ3v) is 4.39. The van der Waals surface area contributed by atoms with Gasteiger partial charge in [-0.15, -0.1) is 0 Å². The highest BCUT2D eigenvalue weighted by atomic mass is 16.6. The fraction of sp³-hybridized carbons (Fsp3) is 0.300. The zero-order chi connectivity index (χ0) is 20.0. The Labute approximate surface area is 157 Å². The van der Waals surface area contributed by atoms with Crippen molar-refractivity contribution in [2.75, 3.05) is 13.7 Å². The van der Waals surface area contributed by atoms with Gasteiger partial charge in [-0.1, -0.05) is 43.3 Å². The van der Waals surface area contributed by atoms with E-state index < -0.39 is 16.8 Å². The van der Waals surface area contributed by atoms with Crippen LogP contribution in [0.4, 0.5) is 5.69 Å². The molecule has 2 atom stereocenters. The number of nitro groups is 1. The fourth-order valence-electron chi connectivity index (χ4n) is 2.82. The summed E-state index contributed by atoms with van der Waals surface area (Å²) in [6.07, 6.45) is 0. The van der Waals surface area contributed by atoms with Gasteiger partial charge >= 0.3 is 5.97 Å². The van der Waals surface area contributed by atoms with E-state index in [4.69, 9.17) is 4.74 Å². The van der Waals surface area contributed by atoms with E-state index in [0.29, 0.717) is 0 Å². The van der Waals surface area contributed by atoms with Gasteiger partial charge in [0.05, 0.1) is 24.0 Å². The molecule has 142 valence electrons. The molecule has 0 bridgehead atoms. The molecule has 0 spiro atoms. The first-order valence-electron chi connectivity index (χ1n) is 8.53. The van der Waals surface area contributed by atoms with Gasteiger partial charge in [-0.05, 0) is 18.6 Å². The van der Waals surface area contributed by atoms with E-state index in [1.165, 1.54) is 36.3 Å². The van der Waals surface area contributed by atoms with Crippen LogP contribution in [0.1, 0.15) is 35.8 Å². The van der Waals surface area contributed by atoms with Crippen molar-refractivity contribution in [1.82, 2.24) is 4.90 Å². The van der Waals surface area contributed by atoms with Crippen LogP contribution < -0.4 is 0 Å². The van der Waals surface area contributed by atoms with Crippen LogP contribution in [0.25, 0.3) is 0 Å². The summed E-state index contributed by atoms with van der Waals surface area (Å²) < 4.78 is 4.77. The highest BCUT2D eigenvalue weighted by Crippen LogP contribution is 2.25. The Bertz CT molecular complexity index is 822. The lowest BCUT2D eigenvalue weighted by molar-refractivity contribution is -0.384. The van der Waals surface area contributed by atoms with Crippen LogP contribution in [0.15, 0.2) is 54.6 Å². The molecular formula is C20H22N2O5. The number of hydrogen-bond donors (Lipinski definition) is 0. The molecule has 2 rings (SSSR count). The number of carbonyl (C=O) groups is 2. The summed E-state index contributed by atoms with van der Waals surface area (Å²) in [5.41, 5.74) is 0.937. The lowest BCUT2D eigenvalue weighted by Gasteiger charge is -2.31. The Balaban J connectivity index is 2.38. The lowest BCUT2D eigenvalue weighted by Crippen LogP contribution is -2.39. The highest BCUT2D eigenvalue weighted by Gasteiger charge is 2.28. The van der Waals surface area contributed by atoms with Gasteiger partial charge in [0, 0.05) is 24.2 Å². The van der Waals surface area contributed by atoms with E-state index in [1.807, 2.05) is 37.3 Å². The Kier molecular flexibility index (Phi) is 6.65. The molecular weight excluding hydrogens is 348 g/mol. The van der Waals surface area contributed by atoms with E-state index in [1.54, 1.807) is 6.92 Å². The molecule has 0 saturated heterocycles. The highest BCUT2D eigenvalue weighted by molar-refractivity contribution is 5.95. The summed E-state index contributed by atoms with van der Waals surface area (Å²) in [5, 5.41) is 11.0. The minimum atomic E-state index is -0.543. The number of nitro benzene ring substituents is 1. The molecule has 0 aliphatic heterocycles. The van der Waals surface area contributed by atoms with Crippen LogP contribution in [0.5, 0.6) is 0 Å². The summed E-state index contributed by atoms with van der Waals surface area (Å²) in [6, 6.07) is 14.6. The number of methoxy groups -OCH3 is 1. The molecule has 7 nitrogen and oxygen atoms in total. The van der Waals surface area contributed by atoms with Crippen LogP contribution in [-0.2, 0) is 9.53 Å². The predicted octanol–water partition coefficient (Wildman–Crippen LogP) is 3.61. The quantitative estimate of drug-likeness (QED) is 0.422. The largest absolute Gasteiger partial charge is 0.469 e. The Morgan fingerprint density at radius 1 is 1.11 bits per heavy atom. The maximum Gasteiger partial charge on any atom is 0.310 e. The maximum atomic E-state index is 13.1. The number of non-ortho nitro benzene ring substituents is 1. The third kappa shape index (κ3) is 4.91. The van der Waals surface area contributed by atoms with E-state index in [2.05, 4.69) is 0 Å². The zero-order valence-electron chi connectivity index (χ0n) is 15.5. The number of nitrogens with zero attached hydrogens (tertiary/aromatic N) is 2. The Morgan fingerprint density at radius 3 is 2.37 bits per heavy atom. The molecule has 0 N–H and O–H groups in total. The van der Waals surface area contributed by atoms with Gasteiger partial charge in [0.1, 0.15) is 0 Å². The number of benzene rings is 2. The van der Waals surface area contributed by atoms with Crippen LogP contribution in [0.2, 0.25) is 0 Å². The summed E-state index contributed by atoms with van der Waals surface area (Å²) in [4.78, 5) is 37.0. The van der Waals surface area contributed by atoms with Crippen molar-refractivity contribution in [1.29, 1.82) is 0 Å². The van der Waals surface area contributed by atoms with Gasteiger partial charge in [0.25, 0.3) is 11.6 Å². The van der Waals surface area contributed by atoms with Crippen molar-refractivity contribution in [2.24, 2.45) is 5.92 Å². The molecule has 0 aromatic heterocycles. The zero-order valence-corrected chi connectivity index (χ0v) is 15.5. The Hall–Kier alpha value is -3.22. The molecule has 2 unspecified atom stereocenters. The topological polar surface area (TPSA) is 89.8 Å². The van der Waals surface area contributed by atoms with Crippen LogP contribution in [-0.4, -0.2) is 35.4 Å². The fourth-order valence-corrected chi connectivity index (χ4v) is 2.82. The first kappa shape index (κ1) is 20.1. The number of rotatable bonds is 7. The second-order valence-electron chi connectivity index (χ2n) is 6.28. The molecule has 0 radical (unpaired) electrons. The number of amides is 1. The van der Waals surface area contributed by atoms with Crippen LogP contribution in [0, 0.1) is 16.0 Å². The van der Waals surface area contributed by atoms with Crippen molar-refractivity contribution < 1.29 is 19.2 Å². The molecule has 2 aromatic carbocycles. The molecule has 0 aliphatic rings. The predicted molar refractivity (Wildman–Crippen MR) is 100 cm³/mol. The van der Waals surface area contributed by atoms with Gasteiger partial charge < -0.3 is 9.64 Å². The minimum Gasteiger partial charge on any atom is -0.469 e. The molecule has 7 heteroatoms.